The lowest BCUT2D eigenvalue weighted by molar-refractivity contribution is -0.243. The van der Waals surface area contributed by atoms with Gasteiger partial charge in [0, 0.05) is 5.56 Å². The van der Waals surface area contributed by atoms with E-state index in [1.165, 1.54) is 5.56 Å². The highest BCUT2D eigenvalue weighted by Gasteiger charge is 2.27. The largest absolute Gasteiger partial charge is 0.345 e. The van der Waals surface area contributed by atoms with Gasteiger partial charge < -0.3 is 9.47 Å². The van der Waals surface area contributed by atoms with Crippen LogP contribution in [0.2, 0.25) is 0 Å². The zero-order chi connectivity index (χ0) is 13.0. The molecule has 18 heavy (non-hydrogen) atoms. The predicted molar refractivity (Wildman–Crippen MR) is 74.2 cm³/mol. The smallest absolute Gasteiger partial charge is 0.184 e. The molecule has 3 atom stereocenters. The summed E-state index contributed by atoms with van der Waals surface area (Å²) in [5.41, 5.74) is 2.31. The third-order valence-electron chi connectivity index (χ3n) is 3.29. The van der Waals surface area contributed by atoms with Gasteiger partial charge in [-0.05, 0) is 32.3 Å². The van der Waals surface area contributed by atoms with E-state index < -0.39 is 0 Å². The van der Waals surface area contributed by atoms with Gasteiger partial charge in [-0.25, -0.2) is 0 Å². The van der Waals surface area contributed by atoms with Gasteiger partial charge in [0.2, 0.25) is 0 Å². The van der Waals surface area contributed by atoms with Gasteiger partial charge in [-0.2, -0.15) is 0 Å². The molecule has 2 rings (SSSR count). The number of rotatable bonds is 3. The van der Waals surface area contributed by atoms with Crippen molar-refractivity contribution in [1.82, 2.24) is 0 Å². The van der Waals surface area contributed by atoms with Gasteiger partial charge in [0.15, 0.2) is 6.29 Å². The number of hydrogen-bond acceptors (Lipinski definition) is 2. The Hall–Kier alpha value is -1.12. The van der Waals surface area contributed by atoms with Crippen LogP contribution in [0.25, 0.3) is 6.08 Å². The third-order valence-corrected chi connectivity index (χ3v) is 3.29. The molecule has 0 aliphatic carbocycles. The van der Waals surface area contributed by atoms with Gasteiger partial charge in [0.1, 0.15) is 0 Å². The summed E-state index contributed by atoms with van der Waals surface area (Å²) in [4.78, 5) is 0. The van der Waals surface area contributed by atoms with E-state index in [4.69, 9.17) is 9.47 Å². The lowest BCUT2D eigenvalue weighted by atomic mass is 10.1. The van der Waals surface area contributed by atoms with E-state index in [1.807, 2.05) is 13.0 Å². The topological polar surface area (TPSA) is 18.5 Å². The average molecular weight is 246 g/mol. The van der Waals surface area contributed by atoms with Crippen LogP contribution >= 0.6 is 0 Å². The van der Waals surface area contributed by atoms with Crippen molar-refractivity contribution in [3.05, 3.63) is 41.5 Å². The van der Waals surface area contributed by atoms with Gasteiger partial charge in [-0.15, -0.1) is 0 Å². The molecule has 0 aromatic heterocycles. The summed E-state index contributed by atoms with van der Waals surface area (Å²) >= 11 is 0. The van der Waals surface area contributed by atoms with Gasteiger partial charge >= 0.3 is 0 Å². The minimum Gasteiger partial charge on any atom is -0.345 e. The number of allylic oxidation sites excluding steroid dienone is 1. The van der Waals surface area contributed by atoms with E-state index in [1.54, 1.807) is 0 Å². The lowest BCUT2D eigenvalue weighted by Crippen LogP contribution is -2.31. The van der Waals surface area contributed by atoms with E-state index in [9.17, 15) is 0 Å². The highest BCUT2D eigenvalue weighted by molar-refractivity contribution is 5.49. The standard InChI is InChI=1S/C16H22O2/c1-4-6-13-7-9-14(10-8-13)16-17-12(3)11-15(5-2)18-16/h4,6-10,12,15-16H,5,11H2,1-3H3. The Morgan fingerprint density at radius 3 is 2.56 bits per heavy atom. The van der Waals surface area contributed by atoms with Crippen molar-refractivity contribution < 1.29 is 9.47 Å². The molecule has 1 fully saturated rings. The molecule has 0 spiro atoms. The van der Waals surface area contributed by atoms with Crippen LogP contribution in [0.1, 0.15) is 51.0 Å². The molecule has 0 bridgehead atoms. The maximum atomic E-state index is 5.95. The van der Waals surface area contributed by atoms with Crippen molar-refractivity contribution in [2.75, 3.05) is 0 Å². The van der Waals surface area contributed by atoms with E-state index in [0.29, 0.717) is 6.10 Å². The first-order valence-electron chi connectivity index (χ1n) is 6.76. The number of ether oxygens (including phenoxy) is 2. The zero-order valence-corrected chi connectivity index (χ0v) is 11.4. The van der Waals surface area contributed by atoms with Crippen LogP contribution in [0, 0.1) is 0 Å². The second kappa shape index (κ2) is 6.17. The zero-order valence-electron chi connectivity index (χ0n) is 11.4. The first-order valence-corrected chi connectivity index (χ1v) is 6.76. The first kappa shape index (κ1) is 13.3. The van der Waals surface area contributed by atoms with Crippen molar-refractivity contribution in [1.29, 1.82) is 0 Å². The quantitative estimate of drug-likeness (QED) is 0.790. The van der Waals surface area contributed by atoms with Crippen LogP contribution < -0.4 is 0 Å². The molecule has 0 saturated carbocycles. The van der Waals surface area contributed by atoms with Gasteiger partial charge in [-0.1, -0.05) is 43.3 Å². The second-order valence-electron chi connectivity index (χ2n) is 4.85. The Morgan fingerprint density at radius 2 is 1.94 bits per heavy atom. The van der Waals surface area contributed by atoms with Crippen LogP contribution in [0.4, 0.5) is 0 Å². The highest BCUT2D eigenvalue weighted by Crippen LogP contribution is 2.30. The van der Waals surface area contributed by atoms with E-state index in [0.717, 1.165) is 18.4 Å². The molecular weight excluding hydrogens is 224 g/mol. The van der Waals surface area contributed by atoms with E-state index in [2.05, 4.69) is 44.2 Å². The van der Waals surface area contributed by atoms with Crippen molar-refractivity contribution in [2.45, 2.75) is 52.1 Å². The maximum Gasteiger partial charge on any atom is 0.184 e. The molecule has 98 valence electrons. The van der Waals surface area contributed by atoms with E-state index in [-0.39, 0.29) is 12.4 Å². The fourth-order valence-electron chi connectivity index (χ4n) is 2.28. The molecule has 1 aromatic rings. The minimum atomic E-state index is -0.210. The highest BCUT2D eigenvalue weighted by atomic mass is 16.7. The van der Waals surface area contributed by atoms with Crippen LogP contribution in [0.15, 0.2) is 30.3 Å². The summed E-state index contributed by atoms with van der Waals surface area (Å²) in [5.74, 6) is 0. The summed E-state index contributed by atoms with van der Waals surface area (Å²) in [7, 11) is 0. The lowest BCUT2D eigenvalue weighted by Gasteiger charge is -2.34. The summed E-state index contributed by atoms with van der Waals surface area (Å²) in [6.45, 7) is 6.30. The molecule has 1 aliphatic heterocycles. The molecule has 1 aliphatic rings. The normalized spacial score (nSPS) is 28.7. The molecule has 2 nitrogen and oxygen atoms in total. The predicted octanol–water partition coefficient (Wildman–Crippen LogP) is 4.32. The molecule has 0 N–H and O–H groups in total. The SMILES string of the molecule is CC=Cc1ccc(C2OC(C)CC(CC)O2)cc1. The Kier molecular flexibility index (Phi) is 4.56. The second-order valence-corrected chi connectivity index (χ2v) is 4.85. The molecule has 2 heteroatoms. The summed E-state index contributed by atoms with van der Waals surface area (Å²) < 4.78 is 11.8. The summed E-state index contributed by atoms with van der Waals surface area (Å²) in [6.07, 6.45) is 6.53. The Bertz CT molecular complexity index is 394. The van der Waals surface area contributed by atoms with Crippen molar-refractivity contribution in [3.8, 4) is 0 Å². The van der Waals surface area contributed by atoms with Crippen LogP contribution in [-0.2, 0) is 9.47 Å². The van der Waals surface area contributed by atoms with Gasteiger partial charge in [0.25, 0.3) is 0 Å². The Labute approximate surface area is 110 Å². The summed E-state index contributed by atoms with van der Waals surface area (Å²) in [5, 5.41) is 0. The fraction of sp³-hybridized carbons (Fsp3) is 0.500. The summed E-state index contributed by atoms with van der Waals surface area (Å²) in [6, 6.07) is 8.38. The molecule has 1 aromatic carbocycles. The number of hydrogen-bond donors (Lipinski definition) is 0. The van der Waals surface area contributed by atoms with Crippen LogP contribution in [0.5, 0.6) is 0 Å². The Morgan fingerprint density at radius 1 is 1.22 bits per heavy atom. The van der Waals surface area contributed by atoms with Crippen LogP contribution in [-0.4, -0.2) is 12.2 Å². The van der Waals surface area contributed by atoms with E-state index >= 15 is 0 Å². The van der Waals surface area contributed by atoms with Crippen molar-refractivity contribution in [3.63, 3.8) is 0 Å². The molecule has 0 radical (unpaired) electrons. The van der Waals surface area contributed by atoms with Gasteiger partial charge in [0.05, 0.1) is 12.2 Å². The third kappa shape index (κ3) is 3.21. The van der Waals surface area contributed by atoms with Crippen LogP contribution in [0.3, 0.4) is 0 Å². The molecule has 0 amide bonds. The monoisotopic (exact) mass is 246 g/mol. The van der Waals surface area contributed by atoms with Gasteiger partial charge in [-0.3, -0.25) is 0 Å². The Balaban J connectivity index is 2.10. The molecule has 1 heterocycles. The molecule has 1 saturated heterocycles. The maximum absolute atomic E-state index is 5.95. The van der Waals surface area contributed by atoms with Crippen molar-refractivity contribution in [2.24, 2.45) is 0 Å². The minimum absolute atomic E-state index is 0.210. The molecular formula is C16H22O2. The fourth-order valence-corrected chi connectivity index (χ4v) is 2.28. The van der Waals surface area contributed by atoms with Crippen molar-refractivity contribution >= 4 is 6.08 Å². The first-order chi connectivity index (χ1) is 8.72. The number of benzene rings is 1. The average Bonchev–Trinajstić information content (AvgIpc) is 2.39. The molecule has 3 unspecified atom stereocenters.